The Hall–Kier alpha value is -0.350. The van der Waals surface area contributed by atoms with Crippen LogP contribution >= 0.6 is 15.9 Å². The van der Waals surface area contributed by atoms with Gasteiger partial charge in [-0.05, 0) is 34.5 Å². The summed E-state index contributed by atoms with van der Waals surface area (Å²) in [6.45, 7) is 0. The third kappa shape index (κ3) is 2.42. The van der Waals surface area contributed by atoms with Crippen LogP contribution in [0.5, 0.6) is 0 Å². The largest absolute Gasteiger partial charge is 0.208 e. The highest BCUT2D eigenvalue weighted by Crippen LogP contribution is 2.23. The highest BCUT2D eigenvalue weighted by molar-refractivity contribution is 9.10. The van der Waals surface area contributed by atoms with Crippen molar-refractivity contribution >= 4 is 32.1 Å². The summed E-state index contributed by atoms with van der Waals surface area (Å²) in [7, 11) is 0. The molecule has 0 amide bonds. The van der Waals surface area contributed by atoms with Crippen LogP contribution in [0, 0.1) is 11.6 Å². The molecule has 0 nitrogen and oxygen atoms in total. The first-order chi connectivity index (χ1) is 7.18. The molecule has 0 unspecified atom stereocenters. The molecule has 0 aliphatic carbocycles. The van der Waals surface area contributed by atoms with Gasteiger partial charge in [-0.3, -0.25) is 0 Å². The summed E-state index contributed by atoms with van der Waals surface area (Å²) in [5.74, 6) is 0.00148. The smallest absolute Gasteiger partial charge is 0.206 e. The van der Waals surface area contributed by atoms with Gasteiger partial charge in [0, 0.05) is 18.4 Å². The zero-order chi connectivity index (χ0) is 10.8. The Morgan fingerprint density at radius 2 is 1.80 bits per heavy atom. The molecule has 1 heterocycles. The van der Waals surface area contributed by atoms with E-state index in [9.17, 15) is 8.78 Å². The Balaban J connectivity index is 2.40. The molecular formula is C11H10BrF2S+. The zero-order valence-electron chi connectivity index (χ0n) is 8.03. The van der Waals surface area contributed by atoms with Crippen molar-refractivity contribution in [1.82, 2.24) is 0 Å². The molecule has 0 fully saturated rings. The molecule has 2 rings (SSSR count). The second-order valence-electron chi connectivity index (χ2n) is 3.48. The number of hydrogen-bond donors (Lipinski definition) is 0. The third-order valence-corrected chi connectivity index (χ3v) is 4.42. The number of halogens is 3. The molecule has 80 valence electrons. The third-order valence-electron chi connectivity index (χ3n) is 2.38. The fraction of sp³-hybridized carbons (Fsp3) is 0.364. The van der Waals surface area contributed by atoms with Crippen molar-refractivity contribution in [2.45, 2.75) is 19.3 Å². The van der Waals surface area contributed by atoms with Gasteiger partial charge in [0.2, 0.25) is 4.86 Å². The van der Waals surface area contributed by atoms with Crippen LogP contribution in [-0.2, 0) is 11.4 Å². The fourth-order valence-electron chi connectivity index (χ4n) is 1.60. The van der Waals surface area contributed by atoms with Crippen LogP contribution in [0.3, 0.4) is 0 Å². The lowest BCUT2D eigenvalue weighted by Crippen LogP contribution is -2.10. The number of rotatable bonds is 1. The van der Waals surface area contributed by atoms with Crippen LogP contribution in [0.4, 0.5) is 8.78 Å². The Morgan fingerprint density at radius 1 is 1.13 bits per heavy atom. The number of benzene rings is 1. The fourth-order valence-corrected chi connectivity index (χ4v) is 3.00. The summed E-state index contributed by atoms with van der Waals surface area (Å²) in [5, 5.41) is 0. The van der Waals surface area contributed by atoms with Crippen molar-refractivity contribution in [3.05, 3.63) is 33.8 Å². The first-order valence-corrected chi connectivity index (χ1v) is 6.60. The van der Waals surface area contributed by atoms with Gasteiger partial charge in [0.05, 0.1) is 4.47 Å². The van der Waals surface area contributed by atoms with E-state index in [4.69, 9.17) is 0 Å². The molecule has 0 N–H and O–H groups in total. The molecule has 0 bridgehead atoms. The zero-order valence-corrected chi connectivity index (χ0v) is 10.4. The SMILES string of the molecule is Fc1cc(C2=[S+]CCCC2)cc(F)c1Br. The molecule has 0 saturated heterocycles. The van der Waals surface area contributed by atoms with E-state index in [1.165, 1.54) is 18.6 Å². The van der Waals surface area contributed by atoms with Crippen molar-refractivity contribution in [2.75, 3.05) is 5.75 Å². The summed E-state index contributed by atoms with van der Waals surface area (Å²) >= 11 is 4.58. The maximum absolute atomic E-state index is 13.3. The highest BCUT2D eigenvalue weighted by atomic mass is 79.9. The highest BCUT2D eigenvalue weighted by Gasteiger charge is 2.20. The Bertz CT molecular complexity index is 392. The Morgan fingerprint density at radius 3 is 2.33 bits per heavy atom. The van der Waals surface area contributed by atoms with E-state index in [1.54, 1.807) is 11.4 Å². The molecule has 0 saturated carbocycles. The molecule has 4 heteroatoms. The van der Waals surface area contributed by atoms with E-state index in [-0.39, 0.29) is 4.47 Å². The normalized spacial score (nSPS) is 16.3. The molecule has 1 aliphatic heterocycles. The van der Waals surface area contributed by atoms with E-state index in [1.807, 2.05) is 0 Å². The molecule has 1 aliphatic rings. The minimum absolute atomic E-state index is 0.0762. The van der Waals surface area contributed by atoms with Gasteiger partial charge in [0.15, 0.2) is 17.1 Å². The van der Waals surface area contributed by atoms with Gasteiger partial charge in [0.25, 0.3) is 0 Å². The molecule has 15 heavy (non-hydrogen) atoms. The van der Waals surface area contributed by atoms with Crippen molar-refractivity contribution in [2.24, 2.45) is 0 Å². The van der Waals surface area contributed by atoms with Crippen LogP contribution in [0.25, 0.3) is 0 Å². The second-order valence-corrected chi connectivity index (χ2v) is 5.47. The van der Waals surface area contributed by atoms with Gasteiger partial charge < -0.3 is 0 Å². The minimum Gasteiger partial charge on any atom is -0.206 e. The molecular weight excluding hydrogens is 282 g/mol. The predicted octanol–water partition coefficient (Wildman–Crippen LogP) is 3.51. The lowest BCUT2D eigenvalue weighted by molar-refractivity contribution is 0.571. The summed E-state index contributed by atoms with van der Waals surface area (Å²) in [6.07, 6.45) is 3.24. The van der Waals surface area contributed by atoms with Crippen molar-refractivity contribution < 1.29 is 8.78 Å². The maximum atomic E-state index is 13.3. The molecule has 1 aromatic carbocycles. The van der Waals surface area contributed by atoms with Gasteiger partial charge in [-0.15, -0.1) is 0 Å². The molecule has 0 atom stereocenters. The molecule has 0 radical (unpaired) electrons. The van der Waals surface area contributed by atoms with Gasteiger partial charge >= 0.3 is 0 Å². The van der Waals surface area contributed by atoms with E-state index < -0.39 is 11.6 Å². The summed E-state index contributed by atoms with van der Waals surface area (Å²) in [4.78, 5) is 1.10. The lowest BCUT2D eigenvalue weighted by Gasteiger charge is -2.04. The minimum atomic E-state index is -0.524. The number of hydrogen-bond acceptors (Lipinski definition) is 0. The Labute approximate surface area is 99.8 Å². The lowest BCUT2D eigenvalue weighted by atomic mass is 10.1. The van der Waals surface area contributed by atoms with Crippen molar-refractivity contribution in [1.29, 1.82) is 0 Å². The van der Waals surface area contributed by atoms with E-state index in [2.05, 4.69) is 15.9 Å². The van der Waals surface area contributed by atoms with Crippen LogP contribution in [0.1, 0.15) is 24.8 Å². The van der Waals surface area contributed by atoms with Crippen LogP contribution in [0.2, 0.25) is 0 Å². The van der Waals surface area contributed by atoms with Crippen LogP contribution in [0.15, 0.2) is 16.6 Å². The van der Waals surface area contributed by atoms with Crippen molar-refractivity contribution in [3.8, 4) is 0 Å². The van der Waals surface area contributed by atoms with Crippen LogP contribution < -0.4 is 0 Å². The molecule has 0 spiro atoms. The molecule has 1 aromatic rings. The van der Waals surface area contributed by atoms with E-state index in [0.717, 1.165) is 23.5 Å². The van der Waals surface area contributed by atoms with E-state index in [0.29, 0.717) is 5.56 Å². The van der Waals surface area contributed by atoms with E-state index >= 15 is 0 Å². The van der Waals surface area contributed by atoms with Gasteiger partial charge in [0.1, 0.15) is 11.6 Å². The predicted molar refractivity (Wildman–Crippen MR) is 64.3 cm³/mol. The standard InChI is InChI=1S/C11H10BrF2S/c12-11-8(13)5-7(6-9(11)14)10-3-1-2-4-15-10/h5-6H,1-4H2/q+1. The maximum Gasteiger partial charge on any atom is 0.208 e. The van der Waals surface area contributed by atoms with Crippen molar-refractivity contribution in [3.63, 3.8) is 0 Å². The molecule has 0 aromatic heterocycles. The topological polar surface area (TPSA) is 0 Å². The van der Waals surface area contributed by atoms with Gasteiger partial charge in [-0.25, -0.2) is 8.78 Å². The average molecular weight is 292 g/mol. The van der Waals surface area contributed by atoms with Crippen LogP contribution in [-0.4, -0.2) is 10.6 Å². The first kappa shape index (κ1) is 11.1. The second kappa shape index (κ2) is 4.66. The summed E-state index contributed by atoms with van der Waals surface area (Å²) < 4.78 is 26.5. The monoisotopic (exact) mass is 291 g/mol. The Kier molecular flexibility index (Phi) is 3.46. The summed E-state index contributed by atoms with van der Waals surface area (Å²) in [6, 6.07) is 2.81. The average Bonchev–Trinajstić information content (AvgIpc) is 2.26. The summed E-state index contributed by atoms with van der Waals surface area (Å²) in [5.41, 5.74) is 0.693. The van der Waals surface area contributed by atoms with Gasteiger partial charge in [-0.2, -0.15) is 0 Å². The quantitative estimate of drug-likeness (QED) is 0.422. The van der Waals surface area contributed by atoms with Gasteiger partial charge in [-0.1, -0.05) is 0 Å². The first-order valence-electron chi connectivity index (χ1n) is 4.82.